The van der Waals surface area contributed by atoms with E-state index in [1.165, 1.54) is 12.1 Å². The number of ether oxygens (including phenoxy) is 1. The molecule has 1 unspecified atom stereocenters. The summed E-state index contributed by atoms with van der Waals surface area (Å²) >= 11 is 6.22. The molecule has 32 heavy (non-hydrogen) atoms. The number of amides is 1. The molecule has 1 aliphatic carbocycles. The largest absolute Gasteiger partial charge is 0.377 e. The summed E-state index contributed by atoms with van der Waals surface area (Å²) in [5.41, 5.74) is 0.184. The fraction of sp³-hybridized carbons (Fsp3) is 0.500. The van der Waals surface area contributed by atoms with Gasteiger partial charge in [-0.3, -0.25) is 14.3 Å². The zero-order chi connectivity index (χ0) is 23.7. The van der Waals surface area contributed by atoms with Crippen molar-refractivity contribution < 1.29 is 22.7 Å². The second-order valence-electron chi connectivity index (χ2n) is 8.91. The summed E-state index contributed by atoms with van der Waals surface area (Å²) in [5, 5.41) is 7.30. The van der Waals surface area contributed by atoms with Gasteiger partial charge in [0.05, 0.1) is 28.0 Å². The van der Waals surface area contributed by atoms with Gasteiger partial charge < -0.3 is 10.1 Å². The number of methoxy groups -OCH3 is 1. The third-order valence-corrected chi connectivity index (χ3v) is 7.24. The molecular formula is C22H28ClN3O5S. The Kier molecular flexibility index (Phi) is 7.12. The smallest absolute Gasteiger partial charge is 0.233 e. The van der Waals surface area contributed by atoms with Crippen LogP contribution in [0.25, 0.3) is 0 Å². The number of rotatable bonds is 9. The average Bonchev–Trinajstić information content (AvgIpc) is 3.09. The van der Waals surface area contributed by atoms with E-state index in [1.807, 2.05) is 13.8 Å². The lowest BCUT2D eigenvalue weighted by Crippen LogP contribution is -2.30. The Hall–Kier alpha value is -2.23. The molecule has 1 aromatic carbocycles. The predicted molar refractivity (Wildman–Crippen MR) is 122 cm³/mol. The van der Waals surface area contributed by atoms with Crippen molar-refractivity contribution in [3.8, 4) is 0 Å². The minimum absolute atomic E-state index is 0.0143. The van der Waals surface area contributed by atoms with Crippen LogP contribution in [0, 0.1) is 5.92 Å². The Morgan fingerprint density at radius 1 is 1.34 bits per heavy atom. The van der Waals surface area contributed by atoms with Gasteiger partial charge in [-0.1, -0.05) is 17.7 Å². The van der Waals surface area contributed by atoms with E-state index in [1.54, 1.807) is 30.1 Å². The van der Waals surface area contributed by atoms with Gasteiger partial charge >= 0.3 is 0 Å². The number of hydrogen-bond donors (Lipinski definition) is 1. The molecule has 10 heteroatoms. The summed E-state index contributed by atoms with van der Waals surface area (Å²) in [5.74, 6) is -0.204. The molecule has 1 fully saturated rings. The van der Waals surface area contributed by atoms with Gasteiger partial charge in [0, 0.05) is 38.5 Å². The van der Waals surface area contributed by atoms with Gasteiger partial charge in [0.2, 0.25) is 5.91 Å². The van der Waals surface area contributed by atoms with E-state index in [2.05, 4.69) is 10.4 Å². The first-order valence-corrected chi connectivity index (χ1v) is 12.6. The molecule has 1 saturated carbocycles. The monoisotopic (exact) mass is 481 g/mol. The Morgan fingerprint density at radius 2 is 2.03 bits per heavy atom. The molecule has 0 aliphatic heterocycles. The first-order chi connectivity index (χ1) is 14.9. The zero-order valence-electron chi connectivity index (χ0n) is 18.6. The molecule has 1 atom stereocenters. The number of Topliss-reactive ketones (excluding diaryl/α,β-unsaturated/α-hetero) is 1. The minimum atomic E-state index is -3.48. The molecule has 0 saturated heterocycles. The summed E-state index contributed by atoms with van der Waals surface area (Å²) in [7, 11) is -1.86. The third kappa shape index (κ3) is 5.96. The van der Waals surface area contributed by atoms with E-state index >= 15 is 0 Å². The molecule has 0 radical (unpaired) electrons. The number of ketones is 1. The molecule has 174 valence electrons. The summed E-state index contributed by atoms with van der Waals surface area (Å²) in [6.45, 7) is 4.38. The maximum absolute atomic E-state index is 13.2. The Morgan fingerprint density at radius 3 is 2.59 bits per heavy atom. The molecular weight excluding hydrogens is 454 g/mol. The summed E-state index contributed by atoms with van der Waals surface area (Å²) in [6.07, 6.45) is 4.19. The van der Waals surface area contributed by atoms with Crippen LogP contribution in [0.4, 0.5) is 5.82 Å². The number of nitrogens with zero attached hydrogens (tertiary/aromatic N) is 2. The van der Waals surface area contributed by atoms with Crippen LogP contribution in [0.15, 0.2) is 35.4 Å². The summed E-state index contributed by atoms with van der Waals surface area (Å²) in [4.78, 5) is 24.6. The van der Waals surface area contributed by atoms with Crippen molar-refractivity contribution in [2.45, 2.75) is 56.1 Å². The zero-order valence-corrected chi connectivity index (χ0v) is 20.2. The maximum atomic E-state index is 13.2. The highest BCUT2D eigenvalue weighted by Gasteiger charge is 2.33. The lowest BCUT2D eigenvalue weighted by atomic mass is 9.76. The number of benzene rings is 1. The van der Waals surface area contributed by atoms with Crippen LogP contribution >= 0.6 is 11.6 Å². The number of aromatic nitrogens is 2. The standard InChI is InChI=1S/C22H28ClN3O5S/c1-22(2,31-3)13-26-8-7-20(25-26)24-21(28)17(11-14-9-16(27)10-14)15-5-6-19(18(23)12-15)32(4,29)30/h5-8,12,14,17H,9-11,13H2,1-4H3,(H,24,25,28). The van der Waals surface area contributed by atoms with E-state index in [-0.39, 0.29) is 27.5 Å². The minimum Gasteiger partial charge on any atom is -0.377 e. The normalized spacial score (nSPS) is 16.0. The van der Waals surface area contributed by atoms with E-state index in [9.17, 15) is 18.0 Å². The number of nitrogens with one attached hydrogen (secondary N) is 1. The van der Waals surface area contributed by atoms with Crippen LogP contribution in [0.3, 0.4) is 0 Å². The van der Waals surface area contributed by atoms with Crippen molar-refractivity contribution in [1.82, 2.24) is 9.78 Å². The Balaban J connectivity index is 1.81. The third-order valence-electron chi connectivity index (χ3n) is 5.66. The van der Waals surface area contributed by atoms with Crippen LogP contribution in [-0.4, -0.2) is 48.9 Å². The highest BCUT2D eigenvalue weighted by molar-refractivity contribution is 7.90. The Bertz CT molecular complexity index is 1120. The van der Waals surface area contributed by atoms with Crippen LogP contribution < -0.4 is 5.32 Å². The van der Waals surface area contributed by atoms with Crippen LogP contribution in [0.5, 0.6) is 0 Å². The molecule has 0 bridgehead atoms. The van der Waals surface area contributed by atoms with Gasteiger partial charge in [-0.05, 0) is 43.9 Å². The molecule has 1 aliphatic rings. The lowest BCUT2D eigenvalue weighted by molar-refractivity contribution is -0.128. The van der Waals surface area contributed by atoms with Crippen LogP contribution in [-0.2, 0) is 30.7 Å². The van der Waals surface area contributed by atoms with Crippen LogP contribution in [0.1, 0.15) is 44.6 Å². The molecule has 3 rings (SSSR count). The average molecular weight is 482 g/mol. The molecule has 1 heterocycles. The molecule has 0 spiro atoms. The van der Waals surface area contributed by atoms with E-state index in [4.69, 9.17) is 16.3 Å². The van der Waals surface area contributed by atoms with Gasteiger partial charge in [-0.2, -0.15) is 5.10 Å². The SMILES string of the molecule is COC(C)(C)Cn1ccc(NC(=O)C(CC2CC(=O)C2)c2ccc(S(C)(=O)=O)c(Cl)c2)n1. The fourth-order valence-electron chi connectivity index (χ4n) is 3.70. The van der Waals surface area contributed by atoms with Gasteiger partial charge in [0.15, 0.2) is 15.7 Å². The highest BCUT2D eigenvalue weighted by atomic mass is 35.5. The second kappa shape index (κ2) is 9.33. The molecule has 2 aromatic rings. The molecule has 1 N–H and O–H groups in total. The van der Waals surface area contributed by atoms with Crippen molar-refractivity contribution in [1.29, 1.82) is 0 Å². The van der Waals surface area contributed by atoms with Gasteiger partial charge in [-0.25, -0.2) is 8.42 Å². The maximum Gasteiger partial charge on any atom is 0.233 e. The van der Waals surface area contributed by atoms with E-state index < -0.39 is 21.4 Å². The molecule has 1 aromatic heterocycles. The van der Waals surface area contributed by atoms with Crippen LogP contribution in [0.2, 0.25) is 5.02 Å². The number of carbonyl (C=O) groups excluding carboxylic acids is 2. The topological polar surface area (TPSA) is 107 Å². The first-order valence-electron chi connectivity index (χ1n) is 10.3. The lowest BCUT2D eigenvalue weighted by Gasteiger charge is -2.28. The van der Waals surface area contributed by atoms with Gasteiger partial charge in [0.1, 0.15) is 5.78 Å². The summed E-state index contributed by atoms with van der Waals surface area (Å²) in [6, 6.07) is 6.24. The first kappa shape index (κ1) is 24.4. The van der Waals surface area contributed by atoms with Crippen molar-refractivity contribution >= 4 is 38.9 Å². The Labute approximate surface area is 193 Å². The fourth-order valence-corrected chi connectivity index (χ4v) is 5.04. The van der Waals surface area contributed by atoms with Gasteiger partial charge in [-0.15, -0.1) is 0 Å². The quantitative estimate of drug-likeness (QED) is 0.587. The van der Waals surface area contributed by atoms with Crippen molar-refractivity contribution in [2.75, 3.05) is 18.7 Å². The van der Waals surface area contributed by atoms with Crippen molar-refractivity contribution in [3.63, 3.8) is 0 Å². The molecule has 8 nitrogen and oxygen atoms in total. The molecule has 1 amide bonds. The van der Waals surface area contributed by atoms with E-state index in [0.717, 1.165) is 6.26 Å². The second-order valence-corrected chi connectivity index (χ2v) is 11.3. The highest BCUT2D eigenvalue weighted by Crippen LogP contribution is 2.36. The van der Waals surface area contributed by atoms with E-state index in [0.29, 0.717) is 37.2 Å². The van der Waals surface area contributed by atoms with Crippen molar-refractivity contribution in [2.24, 2.45) is 5.92 Å². The number of halogens is 1. The number of anilines is 1. The number of hydrogen-bond acceptors (Lipinski definition) is 6. The predicted octanol–water partition coefficient (Wildman–Crippen LogP) is 3.46. The summed E-state index contributed by atoms with van der Waals surface area (Å²) < 4.78 is 30.9. The number of carbonyl (C=O) groups is 2. The van der Waals surface area contributed by atoms with Crippen molar-refractivity contribution in [3.05, 3.63) is 41.0 Å². The number of sulfone groups is 1. The van der Waals surface area contributed by atoms with Gasteiger partial charge in [0.25, 0.3) is 0 Å².